The van der Waals surface area contributed by atoms with E-state index in [9.17, 15) is 15.3 Å². The average molecular weight is 384 g/mol. The quantitative estimate of drug-likeness (QED) is 0.685. The lowest BCUT2D eigenvalue weighted by atomic mass is 10.1. The highest BCUT2D eigenvalue weighted by atomic mass is 32.1. The molecule has 0 bridgehead atoms. The minimum atomic E-state index is -0.336. The van der Waals surface area contributed by atoms with Crippen LogP contribution in [0.5, 0.6) is 5.75 Å². The van der Waals surface area contributed by atoms with Gasteiger partial charge in [0.1, 0.15) is 22.6 Å². The van der Waals surface area contributed by atoms with Crippen LogP contribution in [0.25, 0.3) is 17.3 Å². The first kappa shape index (κ1) is 18.7. The van der Waals surface area contributed by atoms with E-state index in [2.05, 4.69) is 0 Å². The molecule has 0 spiro atoms. The molecule has 0 saturated heterocycles. The van der Waals surface area contributed by atoms with Crippen LogP contribution in [-0.4, -0.2) is 11.7 Å². The second-order valence-electron chi connectivity index (χ2n) is 5.59. The van der Waals surface area contributed by atoms with Gasteiger partial charge in [-0.25, -0.2) is 0 Å². The number of nitrogens with zero attached hydrogens (tertiary/aromatic N) is 4. The third kappa shape index (κ3) is 3.54. The van der Waals surface area contributed by atoms with Crippen LogP contribution < -0.4 is 19.5 Å². The Morgan fingerprint density at radius 3 is 2.21 bits per heavy atom. The van der Waals surface area contributed by atoms with E-state index in [1.165, 1.54) is 4.57 Å². The van der Waals surface area contributed by atoms with Crippen molar-refractivity contribution in [2.75, 3.05) is 7.11 Å². The highest BCUT2D eigenvalue weighted by Crippen LogP contribution is 2.13. The second-order valence-corrected chi connectivity index (χ2v) is 6.62. The molecule has 3 rings (SSSR count). The Labute approximate surface area is 164 Å². The first-order valence-corrected chi connectivity index (χ1v) is 8.85. The minimum absolute atomic E-state index is 0.141. The molecule has 0 amide bonds. The van der Waals surface area contributed by atoms with Crippen LogP contribution in [0, 0.1) is 34.0 Å². The van der Waals surface area contributed by atoms with Crippen LogP contribution in [0.2, 0.25) is 0 Å². The van der Waals surface area contributed by atoms with Crippen molar-refractivity contribution in [3.8, 4) is 29.6 Å². The van der Waals surface area contributed by atoms with Crippen LogP contribution in [-0.2, 0) is 0 Å². The van der Waals surface area contributed by atoms with Gasteiger partial charge in [0.2, 0.25) is 0 Å². The van der Waals surface area contributed by atoms with Gasteiger partial charge in [-0.15, -0.1) is 11.3 Å². The summed E-state index contributed by atoms with van der Waals surface area (Å²) in [7, 11) is 1.54. The van der Waals surface area contributed by atoms with Gasteiger partial charge in [0.25, 0.3) is 5.56 Å². The monoisotopic (exact) mass is 384 g/mol. The molecule has 6 nitrogen and oxygen atoms in total. The minimum Gasteiger partial charge on any atom is -0.497 e. The number of hydrogen-bond donors (Lipinski definition) is 0. The summed E-state index contributed by atoms with van der Waals surface area (Å²) in [5.74, 6) is 0.628. The van der Waals surface area contributed by atoms with Crippen molar-refractivity contribution in [2.45, 2.75) is 0 Å². The van der Waals surface area contributed by atoms with E-state index in [1.54, 1.807) is 61.7 Å². The molecule has 0 radical (unpaired) electrons. The molecule has 1 aromatic heterocycles. The molecular weight excluding hydrogens is 372 g/mol. The topological polar surface area (TPSA) is 103 Å². The zero-order valence-corrected chi connectivity index (χ0v) is 15.5. The Hall–Kier alpha value is -4.12. The lowest BCUT2D eigenvalue weighted by Crippen LogP contribution is -2.30. The Balaban J connectivity index is 2.30. The molecule has 0 saturated carbocycles. The maximum Gasteiger partial charge on any atom is 0.273 e. The largest absolute Gasteiger partial charge is 0.497 e. The number of hydrogen-bond acceptors (Lipinski definition) is 6. The molecular formula is C21H12N4O2S. The molecule has 0 aliphatic carbocycles. The lowest BCUT2D eigenvalue weighted by Gasteiger charge is -2.04. The standard InChI is InChI=1S/C21H12N4O2S/c1-27-18-8-6-17(7-9-18)25-20(26)19(28-21(25)16(12-23)13-24)10-14-2-4-15(11-22)5-3-14/h2-10H,1H3/b19-10+. The van der Waals surface area contributed by atoms with Crippen LogP contribution in [0.15, 0.2) is 53.3 Å². The highest BCUT2D eigenvalue weighted by molar-refractivity contribution is 7.07. The summed E-state index contributed by atoms with van der Waals surface area (Å²) in [6, 6.07) is 19.3. The van der Waals surface area contributed by atoms with E-state index in [4.69, 9.17) is 10.00 Å². The Kier molecular flexibility index (Phi) is 5.37. The van der Waals surface area contributed by atoms with Gasteiger partial charge in [0, 0.05) is 0 Å². The molecule has 2 aromatic carbocycles. The molecule has 0 unspecified atom stereocenters. The zero-order chi connectivity index (χ0) is 20.1. The fraction of sp³-hybridized carbons (Fsp3) is 0.0476. The maximum absolute atomic E-state index is 13.0. The number of methoxy groups -OCH3 is 1. The van der Waals surface area contributed by atoms with Crippen molar-refractivity contribution >= 4 is 23.0 Å². The number of nitriles is 3. The number of aromatic nitrogens is 1. The first-order chi connectivity index (χ1) is 13.6. The van der Waals surface area contributed by atoms with Crippen molar-refractivity contribution in [1.82, 2.24) is 4.57 Å². The lowest BCUT2D eigenvalue weighted by molar-refractivity contribution is 0.414. The van der Waals surface area contributed by atoms with Crippen LogP contribution in [0.1, 0.15) is 11.1 Å². The third-order valence-corrected chi connectivity index (χ3v) is 5.02. The fourth-order valence-electron chi connectivity index (χ4n) is 2.54. The van der Waals surface area contributed by atoms with Gasteiger partial charge >= 0.3 is 0 Å². The van der Waals surface area contributed by atoms with Crippen LogP contribution >= 0.6 is 11.3 Å². The van der Waals surface area contributed by atoms with E-state index >= 15 is 0 Å². The van der Waals surface area contributed by atoms with E-state index in [-0.39, 0.29) is 15.8 Å². The molecule has 0 aliphatic rings. The third-order valence-electron chi connectivity index (χ3n) is 3.93. The second kappa shape index (κ2) is 8.05. The Bertz CT molecular complexity index is 1310. The number of ether oxygens (including phenoxy) is 1. The van der Waals surface area contributed by atoms with Gasteiger partial charge in [0.15, 0.2) is 5.57 Å². The molecule has 0 fully saturated rings. The van der Waals surface area contributed by atoms with E-state index in [0.717, 1.165) is 16.9 Å². The highest BCUT2D eigenvalue weighted by Gasteiger charge is 2.11. The molecule has 1 heterocycles. The number of benzene rings is 2. The van der Waals surface area contributed by atoms with E-state index < -0.39 is 0 Å². The van der Waals surface area contributed by atoms with Crippen molar-refractivity contribution < 1.29 is 4.74 Å². The van der Waals surface area contributed by atoms with Gasteiger partial charge in [-0.3, -0.25) is 9.36 Å². The Morgan fingerprint density at radius 1 is 1.04 bits per heavy atom. The first-order valence-electron chi connectivity index (χ1n) is 8.04. The van der Waals surface area contributed by atoms with Crippen molar-refractivity contribution in [3.63, 3.8) is 0 Å². The molecule has 0 aliphatic heterocycles. The molecule has 28 heavy (non-hydrogen) atoms. The summed E-state index contributed by atoms with van der Waals surface area (Å²) >= 11 is 1.07. The molecule has 0 N–H and O–H groups in total. The van der Waals surface area contributed by atoms with Crippen molar-refractivity contribution in [2.24, 2.45) is 0 Å². The van der Waals surface area contributed by atoms with Gasteiger partial charge in [0.05, 0.1) is 29.0 Å². The van der Waals surface area contributed by atoms with Gasteiger partial charge in [-0.2, -0.15) is 15.8 Å². The summed E-state index contributed by atoms with van der Waals surface area (Å²) in [5.41, 5.74) is 1.31. The Morgan fingerprint density at radius 2 is 1.68 bits per heavy atom. The summed E-state index contributed by atoms with van der Waals surface area (Å²) in [5, 5.41) is 27.5. The zero-order valence-electron chi connectivity index (χ0n) is 14.7. The normalized spacial score (nSPS) is 10.6. The molecule has 134 valence electrons. The summed E-state index contributed by atoms with van der Waals surface area (Å²) in [4.78, 5) is 13.0. The summed E-state index contributed by atoms with van der Waals surface area (Å²) in [6.07, 6.45) is 1.67. The number of rotatable bonds is 3. The fourth-order valence-corrected chi connectivity index (χ4v) is 3.60. The van der Waals surface area contributed by atoms with Crippen LogP contribution in [0.4, 0.5) is 0 Å². The van der Waals surface area contributed by atoms with E-state index in [0.29, 0.717) is 21.5 Å². The average Bonchev–Trinajstić information content (AvgIpc) is 3.05. The molecule has 0 atom stereocenters. The van der Waals surface area contributed by atoms with E-state index in [1.807, 2.05) is 18.2 Å². The maximum atomic E-state index is 13.0. The summed E-state index contributed by atoms with van der Waals surface area (Å²) < 4.78 is 7.12. The molecule has 3 aromatic rings. The smallest absolute Gasteiger partial charge is 0.273 e. The summed E-state index contributed by atoms with van der Waals surface area (Å²) in [6.45, 7) is 0. The predicted octanol–water partition coefficient (Wildman–Crippen LogP) is 1.81. The SMILES string of the molecule is COc1ccc(-n2c(=C(C#N)C#N)s/c(=C/c3ccc(C#N)cc3)c2=O)cc1. The van der Waals surface area contributed by atoms with Crippen LogP contribution in [0.3, 0.4) is 0 Å². The van der Waals surface area contributed by atoms with Gasteiger partial charge in [-0.1, -0.05) is 12.1 Å². The number of thiazole rings is 1. The van der Waals surface area contributed by atoms with Crippen molar-refractivity contribution in [3.05, 3.63) is 79.2 Å². The predicted molar refractivity (Wildman–Crippen MR) is 105 cm³/mol. The van der Waals surface area contributed by atoms with Crippen molar-refractivity contribution in [1.29, 1.82) is 15.8 Å². The molecule has 7 heteroatoms. The van der Waals surface area contributed by atoms with Gasteiger partial charge in [-0.05, 0) is 48.0 Å². The van der Waals surface area contributed by atoms with Gasteiger partial charge < -0.3 is 4.74 Å².